The smallest absolute Gasteiger partial charge is 0.326 e. The molecule has 8 nitrogen and oxygen atoms in total. The number of aromatic nitrogens is 2. The third-order valence-corrected chi connectivity index (χ3v) is 4.10. The molecule has 1 unspecified atom stereocenters. The molecule has 0 radical (unpaired) electrons. The molecule has 1 aromatic rings. The summed E-state index contributed by atoms with van der Waals surface area (Å²) in [6, 6.07) is -1.21. The summed E-state index contributed by atoms with van der Waals surface area (Å²) in [5.41, 5.74) is 0.528. The van der Waals surface area contributed by atoms with Gasteiger partial charge in [-0.1, -0.05) is 0 Å². The second-order valence-electron chi connectivity index (χ2n) is 4.15. The number of rotatable bonds is 6. The summed E-state index contributed by atoms with van der Waals surface area (Å²) < 4.78 is 22.4. The summed E-state index contributed by atoms with van der Waals surface area (Å²) in [5.74, 6) is -2.09. The van der Waals surface area contributed by atoms with Crippen molar-refractivity contribution in [3.63, 3.8) is 0 Å². The maximum absolute atomic E-state index is 11.7. The molecule has 19 heavy (non-hydrogen) atoms. The van der Waals surface area contributed by atoms with Gasteiger partial charge in [0.15, 0.2) is 9.84 Å². The van der Waals surface area contributed by atoms with Crippen molar-refractivity contribution >= 4 is 21.7 Å². The van der Waals surface area contributed by atoms with Gasteiger partial charge in [0.25, 0.3) is 0 Å². The summed E-state index contributed by atoms with van der Waals surface area (Å²) in [6.07, 6.45) is 3.73. The van der Waals surface area contributed by atoms with Crippen molar-refractivity contribution < 1.29 is 23.1 Å². The van der Waals surface area contributed by atoms with Gasteiger partial charge in [-0.15, -0.1) is 0 Å². The summed E-state index contributed by atoms with van der Waals surface area (Å²) in [7, 11) is -3.56. The molecule has 0 aliphatic rings. The molecule has 106 valence electrons. The van der Waals surface area contributed by atoms with Crippen LogP contribution in [-0.2, 0) is 25.8 Å². The largest absolute Gasteiger partial charge is 0.480 e. The highest BCUT2D eigenvalue weighted by Crippen LogP contribution is 2.02. The number of carboxylic acid groups (broad SMARTS) is 1. The van der Waals surface area contributed by atoms with Crippen LogP contribution in [0.1, 0.15) is 12.6 Å². The van der Waals surface area contributed by atoms with E-state index in [1.807, 2.05) is 0 Å². The Kier molecular flexibility index (Phi) is 4.65. The van der Waals surface area contributed by atoms with Crippen LogP contribution in [0.15, 0.2) is 12.5 Å². The fourth-order valence-corrected chi connectivity index (χ4v) is 1.76. The highest BCUT2D eigenvalue weighted by atomic mass is 32.2. The predicted molar refractivity (Wildman–Crippen MR) is 66.2 cm³/mol. The molecule has 9 heteroatoms. The van der Waals surface area contributed by atoms with Crippen LogP contribution in [0.3, 0.4) is 0 Å². The van der Waals surface area contributed by atoms with E-state index < -0.39 is 33.0 Å². The first-order chi connectivity index (χ1) is 8.71. The van der Waals surface area contributed by atoms with Crippen LogP contribution in [0.2, 0.25) is 0 Å². The number of aliphatic carboxylic acids is 1. The highest BCUT2D eigenvalue weighted by molar-refractivity contribution is 7.92. The number of hydrogen-bond acceptors (Lipinski definition) is 5. The predicted octanol–water partition coefficient (Wildman–Crippen LogP) is -1.05. The zero-order valence-corrected chi connectivity index (χ0v) is 11.3. The third kappa shape index (κ3) is 4.36. The van der Waals surface area contributed by atoms with E-state index in [-0.39, 0.29) is 6.42 Å². The molecule has 1 rings (SSSR count). The number of hydrogen-bond donors (Lipinski definition) is 3. The quantitative estimate of drug-likeness (QED) is 0.613. The standard InChI is InChI=1S/C10H15N3O5S/c1-6(19(2,17)18)9(14)13-8(10(15)16)3-7-4-11-5-12-7/h4-6,8H,3H2,1-2H3,(H,11,12)(H,13,14)(H,15,16)/t6?,8-/m0/s1. The Bertz CT molecular complexity index is 552. The minimum absolute atomic E-state index is 0.00243. The average molecular weight is 289 g/mol. The van der Waals surface area contributed by atoms with Gasteiger partial charge in [0.05, 0.1) is 6.33 Å². The van der Waals surface area contributed by atoms with Gasteiger partial charge < -0.3 is 15.4 Å². The van der Waals surface area contributed by atoms with Crippen LogP contribution in [-0.4, -0.2) is 52.9 Å². The lowest BCUT2D eigenvalue weighted by atomic mass is 10.1. The molecule has 0 aromatic carbocycles. The fraction of sp³-hybridized carbons (Fsp3) is 0.500. The topological polar surface area (TPSA) is 129 Å². The van der Waals surface area contributed by atoms with E-state index in [1.54, 1.807) is 0 Å². The van der Waals surface area contributed by atoms with E-state index in [1.165, 1.54) is 19.4 Å². The summed E-state index contributed by atoms with van der Waals surface area (Å²) in [4.78, 5) is 29.1. The molecule has 0 bridgehead atoms. The van der Waals surface area contributed by atoms with Gasteiger partial charge in [-0.25, -0.2) is 18.2 Å². The highest BCUT2D eigenvalue weighted by Gasteiger charge is 2.28. The molecule has 1 amide bonds. The minimum atomic E-state index is -3.56. The van der Waals surface area contributed by atoms with Gasteiger partial charge in [-0.05, 0) is 6.92 Å². The first kappa shape index (κ1) is 15.2. The Morgan fingerprint density at radius 3 is 2.58 bits per heavy atom. The fourth-order valence-electron chi connectivity index (χ4n) is 1.30. The molecule has 0 aliphatic carbocycles. The molecule has 0 fully saturated rings. The first-order valence-corrected chi connectivity index (χ1v) is 7.36. The number of carbonyl (C=O) groups excluding carboxylic acids is 1. The van der Waals surface area contributed by atoms with Crippen LogP contribution in [0.4, 0.5) is 0 Å². The van der Waals surface area contributed by atoms with E-state index in [2.05, 4.69) is 15.3 Å². The lowest BCUT2D eigenvalue weighted by molar-refractivity contribution is -0.141. The van der Waals surface area contributed by atoms with Crippen molar-refractivity contribution in [3.8, 4) is 0 Å². The van der Waals surface area contributed by atoms with Crippen LogP contribution >= 0.6 is 0 Å². The maximum atomic E-state index is 11.7. The van der Waals surface area contributed by atoms with Crippen molar-refractivity contribution in [2.24, 2.45) is 0 Å². The number of carbonyl (C=O) groups is 2. The van der Waals surface area contributed by atoms with Gasteiger partial charge in [-0.3, -0.25) is 4.79 Å². The van der Waals surface area contributed by atoms with Gasteiger partial charge in [-0.2, -0.15) is 0 Å². The second kappa shape index (κ2) is 5.83. The van der Waals surface area contributed by atoms with Crippen molar-refractivity contribution in [1.29, 1.82) is 0 Å². The molecule has 1 heterocycles. The van der Waals surface area contributed by atoms with E-state index in [0.29, 0.717) is 5.69 Å². The van der Waals surface area contributed by atoms with E-state index in [9.17, 15) is 18.0 Å². The Morgan fingerprint density at radius 2 is 2.16 bits per heavy atom. The Labute approximate surface area is 110 Å². The van der Waals surface area contributed by atoms with Crippen molar-refractivity contribution in [2.75, 3.05) is 6.26 Å². The van der Waals surface area contributed by atoms with E-state index in [0.717, 1.165) is 6.26 Å². The van der Waals surface area contributed by atoms with Crippen LogP contribution < -0.4 is 5.32 Å². The lowest BCUT2D eigenvalue weighted by Crippen LogP contribution is -2.47. The summed E-state index contributed by atoms with van der Waals surface area (Å²) in [6.45, 7) is 1.21. The molecule has 2 atom stereocenters. The minimum Gasteiger partial charge on any atom is -0.480 e. The molecular formula is C10H15N3O5S. The first-order valence-electron chi connectivity index (χ1n) is 5.41. The van der Waals surface area contributed by atoms with Crippen molar-refractivity contribution in [2.45, 2.75) is 24.6 Å². The number of H-pyrrole nitrogens is 1. The zero-order chi connectivity index (χ0) is 14.6. The molecule has 1 aromatic heterocycles. The van der Waals surface area contributed by atoms with E-state index >= 15 is 0 Å². The van der Waals surface area contributed by atoms with Gasteiger partial charge >= 0.3 is 5.97 Å². The van der Waals surface area contributed by atoms with Crippen molar-refractivity contribution in [3.05, 3.63) is 18.2 Å². The molecule has 0 spiro atoms. The Balaban J connectivity index is 2.74. The molecule has 0 saturated heterocycles. The normalized spacial score (nSPS) is 14.6. The molecule has 0 saturated carbocycles. The monoisotopic (exact) mass is 289 g/mol. The average Bonchev–Trinajstić information content (AvgIpc) is 2.78. The summed E-state index contributed by atoms with van der Waals surface area (Å²) >= 11 is 0. The van der Waals surface area contributed by atoms with Crippen LogP contribution in [0.25, 0.3) is 0 Å². The number of carboxylic acids is 1. The maximum Gasteiger partial charge on any atom is 0.326 e. The summed E-state index contributed by atoms with van der Waals surface area (Å²) in [5, 5.41) is 9.91. The Morgan fingerprint density at radius 1 is 1.53 bits per heavy atom. The molecule has 0 aliphatic heterocycles. The second-order valence-corrected chi connectivity index (χ2v) is 6.52. The van der Waals surface area contributed by atoms with Gasteiger partial charge in [0, 0.05) is 24.6 Å². The SMILES string of the molecule is CC(C(=O)N[C@@H](Cc1cnc[nH]1)C(=O)O)S(C)(=O)=O. The Hall–Kier alpha value is -1.90. The zero-order valence-electron chi connectivity index (χ0n) is 10.5. The van der Waals surface area contributed by atoms with Gasteiger partial charge in [0.1, 0.15) is 11.3 Å². The number of nitrogens with zero attached hydrogens (tertiary/aromatic N) is 1. The van der Waals surface area contributed by atoms with Crippen LogP contribution in [0.5, 0.6) is 0 Å². The number of sulfone groups is 1. The number of aromatic amines is 1. The van der Waals surface area contributed by atoms with Crippen molar-refractivity contribution in [1.82, 2.24) is 15.3 Å². The third-order valence-electron chi connectivity index (χ3n) is 2.60. The van der Waals surface area contributed by atoms with E-state index in [4.69, 9.17) is 5.11 Å². The molecule has 3 N–H and O–H groups in total. The molecular weight excluding hydrogens is 274 g/mol. The van der Waals surface area contributed by atoms with Gasteiger partial charge in [0.2, 0.25) is 5.91 Å². The number of nitrogens with one attached hydrogen (secondary N) is 2. The number of amides is 1. The van der Waals surface area contributed by atoms with Crippen LogP contribution in [0, 0.1) is 0 Å². The number of imidazole rings is 1. The lowest BCUT2D eigenvalue weighted by Gasteiger charge is -2.16.